The highest BCUT2D eigenvalue weighted by Gasteiger charge is 2.41. The second-order valence-corrected chi connectivity index (χ2v) is 8.02. The van der Waals surface area contributed by atoms with Gasteiger partial charge < -0.3 is 24.8 Å². The topological polar surface area (TPSA) is 89.1 Å². The number of thiophene rings is 1. The zero-order valence-electron chi connectivity index (χ0n) is 15.9. The molecule has 1 aromatic heterocycles. The fraction of sp³-hybridized carbons (Fsp3) is 0.579. The Balaban J connectivity index is 1.56. The minimum Gasteiger partial charge on any atom is -0.463 e. The molecule has 0 saturated carbocycles. The molecule has 2 N–H and O–H groups in total. The van der Waals surface area contributed by atoms with Crippen molar-refractivity contribution in [3.8, 4) is 0 Å². The summed E-state index contributed by atoms with van der Waals surface area (Å²) in [5.41, 5.74) is 1.07. The van der Waals surface area contributed by atoms with Crippen LogP contribution in [0.1, 0.15) is 30.7 Å². The second-order valence-electron chi connectivity index (χ2n) is 7.04. The van der Waals surface area contributed by atoms with E-state index >= 15 is 0 Å². The molecule has 8 nitrogen and oxygen atoms in total. The van der Waals surface area contributed by atoms with E-state index in [1.165, 1.54) is 11.3 Å². The fourth-order valence-electron chi connectivity index (χ4n) is 3.92. The largest absolute Gasteiger partial charge is 0.463 e. The lowest BCUT2D eigenvalue weighted by atomic mass is 9.99. The van der Waals surface area contributed by atoms with Crippen LogP contribution in [0.5, 0.6) is 0 Å². The minimum absolute atomic E-state index is 0.279. The van der Waals surface area contributed by atoms with Gasteiger partial charge in [-0.3, -0.25) is 4.90 Å². The van der Waals surface area contributed by atoms with E-state index in [1.54, 1.807) is 6.92 Å². The SMILES string of the molecule is CCOC(=O)C1=C(CN2CCC3(CC2)OCCO3)NC(=O)N[C@@H]1c1cccs1. The summed E-state index contributed by atoms with van der Waals surface area (Å²) in [6, 6.07) is 3.01. The average Bonchev–Trinajstić information content (AvgIpc) is 3.36. The Bertz CT molecular complexity index is 748. The first kappa shape index (κ1) is 19.4. The first-order valence-corrected chi connectivity index (χ1v) is 10.5. The monoisotopic (exact) mass is 407 g/mol. The number of nitrogens with zero attached hydrogens (tertiary/aromatic N) is 1. The molecule has 1 spiro atoms. The van der Waals surface area contributed by atoms with E-state index in [2.05, 4.69) is 15.5 Å². The number of hydrogen-bond donors (Lipinski definition) is 2. The number of urea groups is 1. The summed E-state index contributed by atoms with van der Waals surface area (Å²) in [6.45, 7) is 5.35. The van der Waals surface area contributed by atoms with Gasteiger partial charge in [0.1, 0.15) is 0 Å². The molecule has 0 bridgehead atoms. The van der Waals surface area contributed by atoms with Gasteiger partial charge in [-0.05, 0) is 18.4 Å². The van der Waals surface area contributed by atoms with Gasteiger partial charge in [-0.2, -0.15) is 0 Å². The van der Waals surface area contributed by atoms with Crippen LogP contribution in [-0.4, -0.2) is 62.1 Å². The molecule has 3 aliphatic heterocycles. The van der Waals surface area contributed by atoms with Gasteiger partial charge in [-0.15, -0.1) is 11.3 Å². The molecule has 0 aromatic carbocycles. The van der Waals surface area contributed by atoms with Gasteiger partial charge in [0.15, 0.2) is 5.79 Å². The van der Waals surface area contributed by atoms with E-state index in [9.17, 15) is 9.59 Å². The summed E-state index contributed by atoms with van der Waals surface area (Å²) in [4.78, 5) is 28.1. The Labute approximate surface area is 167 Å². The van der Waals surface area contributed by atoms with Crippen LogP contribution in [0, 0.1) is 0 Å². The third-order valence-electron chi connectivity index (χ3n) is 5.29. The van der Waals surface area contributed by atoms with Crippen molar-refractivity contribution in [3.05, 3.63) is 33.7 Å². The number of piperidine rings is 1. The predicted molar refractivity (Wildman–Crippen MR) is 103 cm³/mol. The molecule has 0 radical (unpaired) electrons. The van der Waals surface area contributed by atoms with E-state index in [0.29, 0.717) is 31.0 Å². The van der Waals surface area contributed by atoms with Crippen molar-refractivity contribution in [2.75, 3.05) is 39.5 Å². The summed E-state index contributed by atoms with van der Waals surface area (Å²) in [5, 5.41) is 7.62. The van der Waals surface area contributed by atoms with Gasteiger partial charge in [0, 0.05) is 43.1 Å². The standard InChI is InChI=1S/C19H25N3O5S/c1-2-25-17(23)15-13(20-18(24)21-16(15)14-4-3-11-28-14)12-22-7-5-19(6-8-22)26-9-10-27-19/h3-4,11,16H,2,5-10,12H2,1H3,(H2,20,21,24)/t16-/m1/s1. The zero-order valence-corrected chi connectivity index (χ0v) is 16.7. The van der Waals surface area contributed by atoms with Crippen molar-refractivity contribution in [2.24, 2.45) is 0 Å². The van der Waals surface area contributed by atoms with Crippen LogP contribution in [0.3, 0.4) is 0 Å². The van der Waals surface area contributed by atoms with Crippen LogP contribution >= 0.6 is 11.3 Å². The van der Waals surface area contributed by atoms with Crippen molar-refractivity contribution >= 4 is 23.3 Å². The maximum Gasteiger partial charge on any atom is 0.338 e. The Hall–Kier alpha value is -1.94. The molecular formula is C19H25N3O5S. The maximum absolute atomic E-state index is 12.7. The molecule has 4 heterocycles. The zero-order chi connectivity index (χ0) is 19.6. The number of hydrogen-bond acceptors (Lipinski definition) is 7. The number of carbonyl (C=O) groups excluding carboxylic acids is 2. The first-order valence-electron chi connectivity index (χ1n) is 9.61. The van der Waals surface area contributed by atoms with Crippen LogP contribution in [0.4, 0.5) is 4.79 Å². The number of rotatable bonds is 5. The van der Waals surface area contributed by atoms with Gasteiger partial charge >= 0.3 is 12.0 Å². The highest BCUT2D eigenvalue weighted by molar-refractivity contribution is 7.10. The smallest absolute Gasteiger partial charge is 0.338 e. The van der Waals surface area contributed by atoms with E-state index in [0.717, 1.165) is 30.8 Å². The van der Waals surface area contributed by atoms with E-state index in [1.807, 2.05) is 17.5 Å². The summed E-state index contributed by atoms with van der Waals surface area (Å²) in [5.74, 6) is -0.856. The van der Waals surface area contributed by atoms with Crippen LogP contribution in [0.25, 0.3) is 0 Å². The highest BCUT2D eigenvalue weighted by atomic mass is 32.1. The maximum atomic E-state index is 12.7. The minimum atomic E-state index is -0.500. The molecule has 9 heteroatoms. The summed E-state index contributed by atoms with van der Waals surface area (Å²) < 4.78 is 16.9. The molecule has 1 aromatic rings. The first-order chi connectivity index (χ1) is 13.6. The van der Waals surface area contributed by atoms with Crippen LogP contribution < -0.4 is 10.6 Å². The van der Waals surface area contributed by atoms with Crippen molar-refractivity contribution in [3.63, 3.8) is 0 Å². The van der Waals surface area contributed by atoms with E-state index < -0.39 is 17.8 Å². The van der Waals surface area contributed by atoms with Crippen molar-refractivity contribution in [2.45, 2.75) is 31.6 Å². The number of likely N-dealkylation sites (tertiary alicyclic amines) is 1. The fourth-order valence-corrected chi connectivity index (χ4v) is 4.71. The van der Waals surface area contributed by atoms with Gasteiger partial charge in [0.2, 0.25) is 0 Å². The molecule has 0 unspecified atom stereocenters. The molecule has 1 atom stereocenters. The number of carbonyl (C=O) groups is 2. The third kappa shape index (κ3) is 3.93. The average molecular weight is 407 g/mol. The number of esters is 1. The lowest BCUT2D eigenvalue weighted by molar-refractivity contribution is -0.184. The van der Waals surface area contributed by atoms with Crippen LogP contribution in [0.15, 0.2) is 28.8 Å². The molecule has 4 rings (SSSR count). The predicted octanol–water partition coefficient (Wildman–Crippen LogP) is 1.76. The molecule has 28 heavy (non-hydrogen) atoms. The Morgan fingerprint density at radius 2 is 2.11 bits per heavy atom. The van der Waals surface area contributed by atoms with Gasteiger partial charge in [-0.1, -0.05) is 6.07 Å². The van der Waals surface area contributed by atoms with E-state index in [-0.39, 0.29) is 12.6 Å². The Morgan fingerprint density at radius 1 is 1.36 bits per heavy atom. The normalized spacial score (nSPS) is 24.9. The van der Waals surface area contributed by atoms with Crippen molar-refractivity contribution in [1.82, 2.24) is 15.5 Å². The molecule has 3 aliphatic rings. The molecule has 2 amide bonds. The van der Waals surface area contributed by atoms with Gasteiger partial charge in [0.25, 0.3) is 0 Å². The van der Waals surface area contributed by atoms with Gasteiger partial charge in [-0.25, -0.2) is 9.59 Å². The molecule has 2 fully saturated rings. The van der Waals surface area contributed by atoms with Crippen molar-refractivity contribution < 1.29 is 23.8 Å². The summed E-state index contributed by atoms with van der Waals surface area (Å²) in [7, 11) is 0. The molecule has 2 saturated heterocycles. The quantitative estimate of drug-likeness (QED) is 0.723. The summed E-state index contributed by atoms with van der Waals surface area (Å²) >= 11 is 1.50. The lowest BCUT2D eigenvalue weighted by Crippen LogP contribution is -2.51. The van der Waals surface area contributed by atoms with Gasteiger partial charge in [0.05, 0.1) is 31.4 Å². The molecule has 0 aliphatic carbocycles. The number of ether oxygens (including phenoxy) is 3. The lowest BCUT2D eigenvalue weighted by Gasteiger charge is -2.38. The van der Waals surface area contributed by atoms with Crippen LogP contribution in [0.2, 0.25) is 0 Å². The summed E-state index contributed by atoms with van der Waals surface area (Å²) in [6.07, 6.45) is 1.55. The number of amides is 2. The number of nitrogens with one attached hydrogen (secondary N) is 2. The highest BCUT2D eigenvalue weighted by Crippen LogP contribution is 2.33. The molecule has 152 valence electrons. The van der Waals surface area contributed by atoms with Crippen LogP contribution in [-0.2, 0) is 19.0 Å². The second kappa shape index (κ2) is 8.20. The third-order valence-corrected chi connectivity index (χ3v) is 6.23. The van der Waals surface area contributed by atoms with E-state index in [4.69, 9.17) is 14.2 Å². The Morgan fingerprint density at radius 3 is 2.75 bits per heavy atom. The van der Waals surface area contributed by atoms with Crippen molar-refractivity contribution in [1.29, 1.82) is 0 Å². The molecular weight excluding hydrogens is 382 g/mol. The Kier molecular flexibility index (Phi) is 5.68.